The minimum absolute atomic E-state index is 0.733. The fourth-order valence-electron chi connectivity index (χ4n) is 0.144. The molecule has 0 aliphatic heterocycles. The Morgan fingerprint density at radius 3 is 1.75 bits per heavy atom. The minimum atomic E-state index is 0.733. The Balaban J connectivity index is 0. The number of likely N-dealkylation sites (N-methyl/N-ethyl adjacent to an activating group) is 1. The molecule has 0 saturated heterocycles. The van der Waals surface area contributed by atoms with E-state index in [1.54, 1.807) is 0 Å². The van der Waals surface area contributed by atoms with Crippen LogP contribution in [0.15, 0.2) is 0 Å². The molecule has 0 amide bonds. The molecule has 0 heterocycles. The number of hydrogen-bond donors (Lipinski definition) is 2. The topological polar surface area (TPSA) is 38.0 Å². The van der Waals surface area contributed by atoms with Gasteiger partial charge in [0.2, 0.25) is 0 Å². The fraction of sp³-hybridized carbons (Fsp3) is 1.00. The quantitative estimate of drug-likeness (QED) is 0.556. The van der Waals surface area contributed by atoms with Crippen molar-refractivity contribution in [2.45, 2.75) is 20.3 Å². The lowest BCUT2D eigenvalue weighted by Gasteiger charge is -1.85. The molecule has 0 radical (unpaired) electrons. The van der Waals surface area contributed by atoms with Crippen LogP contribution in [-0.2, 0) is 0 Å². The maximum Gasteiger partial charge on any atom is 0.00714 e. The van der Waals surface area contributed by atoms with Crippen LogP contribution in [0.4, 0.5) is 0 Å². The summed E-state index contributed by atoms with van der Waals surface area (Å²) in [5.41, 5.74) is 5.08. The van der Waals surface area contributed by atoms with Gasteiger partial charge >= 0.3 is 0 Å². The van der Waals surface area contributed by atoms with Gasteiger partial charge in [-0.2, -0.15) is 0 Å². The Bertz CT molecular complexity index is 20.5. The Kier molecular flexibility index (Phi) is 21.3. The Labute approximate surface area is 52.5 Å². The lowest BCUT2D eigenvalue weighted by atomic mass is 10.6. The summed E-state index contributed by atoms with van der Waals surface area (Å²) in [6.07, 6.45) is 1.25. The number of nitrogens with one attached hydrogen (secondary N) is 1. The monoisotopic (exact) mass is 118 g/mol. The third kappa shape index (κ3) is 38.9. The first-order chi connectivity index (χ1) is 3.83. The van der Waals surface area contributed by atoms with Gasteiger partial charge < -0.3 is 11.1 Å². The van der Waals surface area contributed by atoms with Gasteiger partial charge in [-0.25, -0.2) is 0 Å². The summed E-state index contributed by atoms with van der Waals surface area (Å²) in [6.45, 7) is 5.90. The minimum Gasteiger partial charge on any atom is -0.329 e. The molecule has 52 valence electrons. The van der Waals surface area contributed by atoms with Gasteiger partial charge in [-0.3, -0.25) is 0 Å². The predicted molar refractivity (Wildman–Crippen MR) is 38.9 cm³/mol. The first-order valence-corrected chi connectivity index (χ1v) is 3.18. The van der Waals surface area contributed by atoms with Crippen molar-refractivity contribution < 1.29 is 0 Å². The van der Waals surface area contributed by atoms with Crippen molar-refractivity contribution in [3.8, 4) is 0 Å². The second-order valence-electron chi connectivity index (χ2n) is 1.60. The molecule has 0 aromatic heterocycles. The highest BCUT2D eigenvalue weighted by Gasteiger charge is 1.64. The largest absolute Gasteiger partial charge is 0.329 e. The maximum atomic E-state index is 5.08. The van der Waals surface area contributed by atoms with Crippen LogP contribution in [0.3, 0.4) is 0 Å². The van der Waals surface area contributed by atoms with Crippen molar-refractivity contribution in [1.29, 1.82) is 0 Å². The summed E-state index contributed by atoms with van der Waals surface area (Å²) in [6, 6.07) is 0. The molecule has 8 heavy (non-hydrogen) atoms. The zero-order valence-electron chi connectivity index (χ0n) is 6.20. The third-order valence-electron chi connectivity index (χ3n) is 0.394. The lowest BCUT2D eigenvalue weighted by molar-refractivity contribution is 0.802. The number of rotatable bonds is 2. The van der Waals surface area contributed by atoms with E-state index in [2.05, 4.69) is 19.2 Å². The van der Waals surface area contributed by atoms with Crippen molar-refractivity contribution in [2.24, 2.45) is 5.73 Å². The van der Waals surface area contributed by atoms with Crippen LogP contribution in [0.25, 0.3) is 0 Å². The van der Waals surface area contributed by atoms with Crippen molar-refractivity contribution in [3.63, 3.8) is 0 Å². The Morgan fingerprint density at radius 2 is 1.75 bits per heavy atom. The van der Waals surface area contributed by atoms with E-state index >= 15 is 0 Å². The molecule has 0 saturated carbocycles. The highest BCUT2D eigenvalue weighted by atomic mass is 14.8. The summed E-state index contributed by atoms with van der Waals surface area (Å²) in [5, 5.41) is 2.89. The molecule has 2 heteroatoms. The molecule has 0 rings (SSSR count). The van der Waals surface area contributed by atoms with Crippen LogP contribution in [0, 0.1) is 0 Å². The van der Waals surface area contributed by atoms with Crippen LogP contribution in [0.5, 0.6) is 0 Å². The molecule has 0 atom stereocenters. The molecule has 0 aromatic carbocycles. The predicted octanol–water partition coefficient (Wildman–Crippen LogP) is 0.581. The van der Waals surface area contributed by atoms with E-state index in [1.807, 2.05) is 7.05 Å². The molecule has 3 N–H and O–H groups in total. The van der Waals surface area contributed by atoms with Gasteiger partial charge in [-0.1, -0.05) is 20.3 Å². The normalized spacial score (nSPS) is 7.50. The molecule has 0 fully saturated rings. The van der Waals surface area contributed by atoms with Crippen LogP contribution < -0.4 is 11.1 Å². The van der Waals surface area contributed by atoms with Crippen molar-refractivity contribution in [1.82, 2.24) is 5.32 Å². The summed E-state index contributed by atoms with van der Waals surface area (Å²) < 4.78 is 0. The molecule has 0 unspecified atom stereocenters. The van der Waals surface area contributed by atoms with Gasteiger partial charge in [0.15, 0.2) is 0 Å². The standard InChI is InChI=1S/C3H10N2.C3H8/c1-5-3-2-4;1-3-2/h5H,2-4H2,1H3;3H2,1-2H3. The van der Waals surface area contributed by atoms with Crippen molar-refractivity contribution in [2.75, 3.05) is 20.1 Å². The van der Waals surface area contributed by atoms with Crippen LogP contribution in [-0.4, -0.2) is 20.1 Å². The van der Waals surface area contributed by atoms with Crippen LogP contribution >= 0.6 is 0 Å². The van der Waals surface area contributed by atoms with E-state index in [0.717, 1.165) is 13.1 Å². The third-order valence-corrected chi connectivity index (χ3v) is 0.394. The van der Waals surface area contributed by atoms with Gasteiger partial charge in [0.05, 0.1) is 0 Å². The summed E-state index contributed by atoms with van der Waals surface area (Å²) in [4.78, 5) is 0. The molecular formula is C6H18N2. The summed E-state index contributed by atoms with van der Waals surface area (Å²) in [7, 11) is 1.88. The molecule has 0 aromatic rings. The van der Waals surface area contributed by atoms with E-state index < -0.39 is 0 Å². The SMILES string of the molecule is CCC.CNCCN. The van der Waals surface area contributed by atoms with Crippen molar-refractivity contribution >= 4 is 0 Å². The van der Waals surface area contributed by atoms with E-state index in [4.69, 9.17) is 5.73 Å². The fourth-order valence-corrected chi connectivity index (χ4v) is 0.144. The smallest absolute Gasteiger partial charge is 0.00714 e. The zero-order valence-corrected chi connectivity index (χ0v) is 6.20. The zero-order chi connectivity index (χ0) is 6.83. The Morgan fingerprint density at radius 1 is 1.38 bits per heavy atom. The number of hydrogen-bond acceptors (Lipinski definition) is 2. The average molecular weight is 118 g/mol. The lowest BCUT2D eigenvalue weighted by Crippen LogP contribution is -2.17. The van der Waals surface area contributed by atoms with E-state index in [0.29, 0.717) is 0 Å². The highest BCUT2D eigenvalue weighted by molar-refractivity contribution is 4.33. The molecule has 0 aliphatic rings. The molecule has 0 bridgehead atoms. The van der Waals surface area contributed by atoms with Gasteiger partial charge in [0.1, 0.15) is 0 Å². The van der Waals surface area contributed by atoms with E-state index in [9.17, 15) is 0 Å². The molecular weight excluding hydrogens is 100 g/mol. The van der Waals surface area contributed by atoms with Crippen molar-refractivity contribution in [3.05, 3.63) is 0 Å². The van der Waals surface area contributed by atoms with Gasteiger partial charge in [0.25, 0.3) is 0 Å². The van der Waals surface area contributed by atoms with E-state index in [-0.39, 0.29) is 0 Å². The first kappa shape index (κ1) is 10.8. The average Bonchev–Trinajstić information content (AvgIpc) is 1.71. The second-order valence-corrected chi connectivity index (χ2v) is 1.60. The van der Waals surface area contributed by atoms with Crippen LogP contribution in [0.2, 0.25) is 0 Å². The maximum absolute atomic E-state index is 5.08. The molecule has 2 nitrogen and oxygen atoms in total. The van der Waals surface area contributed by atoms with Gasteiger partial charge in [0, 0.05) is 13.1 Å². The summed E-state index contributed by atoms with van der Waals surface area (Å²) in [5.74, 6) is 0. The van der Waals surface area contributed by atoms with Crippen LogP contribution in [0.1, 0.15) is 20.3 Å². The molecule has 0 aliphatic carbocycles. The Hall–Kier alpha value is -0.0800. The summed E-state index contributed by atoms with van der Waals surface area (Å²) >= 11 is 0. The number of nitrogens with two attached hydrogens (primary N) is 1. The van der Waals surface area contributed by atoms with E-state index in [1.165, 1.54) is 6.42 Å². The van der Waals surface area contributed by atoms with Gasteiger partial charge in [-0.15, -0.1) is 0 Å². The first-order valence-electron chi connectivity index (χ1n) is 3.18. The highest BCUT2D eigenvalue weighted by Crippen LogP contribution is 1.56. The second kappa shape index (κ2) is 15.8. The van der Waals surface area contributed by atoms with Gasteiger partial charge in [-0.05, 0) is 7.05 Å². The molecule has 0 spiro atoms.